The Morgan fingerprint density at radius 2 is 2.30 bits per heavy atom. The smallest absolute Gasteiger partial charge is 0.267 e. The predicted molar refractivity (Wildman–Crippen MR) is 84.4 cm³/mol. The maximum atomic E-state index is 11.9. The van der Waals surface area contributed by atoms with Gasteiger partial charge in [-0.3, -0.25) is 4.79 Å². The lowest BCUT2D eigenvalue weighted by molar-refractivity contribution is 0.0940. The number of aromatic amines is 1. The van der Waals surface area contributed by atoms with E-state index >= 15 is 0 Å². The quantitative estimate of drug-likeness (QED) is 0.508. The van der Waals surface area contributed by atoms with Crippen LogP contribution in [0.1, 0.15) is 16.2 Å². The highest BCUT2D eigenvalue weighted by Crippen LogP contribution is 2.23. The third kappa shape index (κ3) is 3.43. The fourth-order valence-corrected chi connectivity index (χ4v) is 2.26. The van der Waals surface area contributed by atoms with Gasteiger partial charge in [0.1, 0.15) is 22.9 Å². The third-order valence-electron chi connectivity index (χ3n) is 3.11. The molecule has 0 aliphatic rings. The van der Waals surface area contributed by atoms with E-state index < -0.39 is 0 Å². The molecule has 0 aromatic carbocycles. The van der Waals surface area contributed by atoms with Crippen LogP contribution in [0.3, 0.4) is 0 Å². The number of nitrogens with zero attached hydrogens (tertiary/aromatic N) is 2. The number of H-pyrrole nitrogens is 1. The molecule has 9 heteroatoms. The van der Waals surface area contributed by atoms with E-state index in [1.807, 2.05) is 6.07 Å². The van der Waals surface area contributed by atoms with Gasteiger partial charge in [-0.2, -0.15) is 4.98 Å². The van der Waals surface area contributed by atoms with Gasteiger partial charge in [-0.15, -0.1) is 0 Å². The van der Waals surface area contributed by atoms with Crippen LogP contribution in [0.4, 0.5) is 5.82 Å². The molecule has 3 heterocycles. The standard InChI is InChI=1S/C14H14ClN5O3/c15-14-19-11(17-7-8-2-1-5-23-8)9-6-10(18-12(9)20-14)13(22)16-3-4-21/h1-2,5-6,21H,3-4,7H2,(H,16,22)(H2,17,18,19,20). The topological polar surface area (TPSA) is 116 Å². The number of amides is 1. The number of nitrogens with one attached hydrogen (secondary N) is 3. The second-order valence-corrected chi connectivity index (χ2v) is 5.04. The third-order valence-corrected chi connectivity index (χ3v) is 3.28. The van der Waals surface area contributed by atoms with E-state index in [4.69, 9.17) is 21.1 Å². The summed E-state index contributed by atoms with van der Waals surface area (Å²) in [6.07, 6.45) is 1.58. The number of carbonyl (C=O) groups is 1. The lowest BCUT2D eigenvalue weighted by Gasteiger charge is -2.04. The lowest BCUT2D eigenvalue weighted by Crippen LogP contribution is -2.26. The van der Waals surface area contributed by atoms with Gasteiger partial charge in [-0.25, -0.2) is 4.98 Å². The van der Waals surface area contributed by atoms with Crippen molar-refractivity contribution in [1.29, 1.82) is 0 Å². The zero-order valence-corrected chi connectivity index (χ0v) is 12.7. The summed E-state index contributed by atoms with van der Waals surface area (Å²) in [5.74, 6) is 0.892. The van der Waals surface area contributed by atoms with Crippen molar-refractivity contribution in [3.05, 3.63) is 41.2 Å². The molecule has 0 radical (unpaired) electrons. The van der Waals surface area contributed by atoms with Crippen molar-refractivity contribution < 1.29 is 14.3 Å². The largest absolute Gasteiger partial charge is 0.467 e. The van der Waals surface area contributed by atoms with Gasteiger partial charge in [0.15, 0.2) is 0 Å². The fraction of sp³-hybridized carbons (Fsp3) is 0.214. The maximum Gasteiger partial charge on any atom is 0.267 e. The second-order valence-electron chi connectivity index (χ2n) is 4.70. The van der Waals surface area contributed by atoms with Crippen molar-refractivity contribution in [2.24, 2.45) is 0 Å². The summed E-state index contributed by atoms with van der Waals surface area (Å²) in [7, 11) is 0. The van der Waals surface area contributed by atoms with Crippen LogP contribution >= 0.6 is 11.6 Å². The molecule has 0 spiro atoms. The number of halogens is 1. The number of aliphatic hydroxyl groups is 1. The van der Waals surface area contributed by atoms with Crippen molar-refractivity contribution in [2.75, 3.05) is 18.5 Å². The summed E-state index contributed by atoms with van der Waals surface area (Å²) >= 11 is 5.92. The maximum absolute atomic E-state index is 11.9. The summed E-state index contributed by atoms with van der Waals surface area (Å²) in [5.41, 5.74) is 0.757. The molecule has 0 aliphatic heterocycles. The van der Waals surface area contributed by atoms with Crippen LogP contribution in [0.25, 0.3) is 11.0 Å². The number of fused-ring (bicyclic) bond motifs is 1. The van der Waals surface area contributed by atoms with E-state index in [1.54, 1.807) is 18.4 Å². The van der Waals surface area contributed by atoms with Crippen molar-refractivity contribution >= 4 is 34.4 Å². The molecule has 0 aliphatic carbocycles. The number of rotatable bonds is 6. The van der Waals surface area contributed by atoms with Crippen LogP contribution < -0.4 is 10.6 Å². The Balaban J connectivity index is 1.87. The average Bonchev–Trinajstić information content (AvgIpc) is 3.19. The Morgan fingerprint density at radius 3 is 3.04 bits per heavy atom. The number of furan rings is 1. The van der Waals surface area contributed by atoms with Gasteiger partial charge in [0.2, 0.25) is 5.28 Å². The van der Waals surface area contributed by atoms with Gasteiger partial charge in [0, 0.05) is 6.54 Å². The fourth-order valence-electron chi connectivity index (χ4n) is 2.09. The van der Waals surface area contributed by atoms with Crippen LogP contribution in [0.2, 0.25) is 5.28 Å². The highest BCUT2D eigenvalue weighted by Gasteiger charge is 2.14. The molecule has 4 N–H and O–H groups in total. The molecule has 8 nitrogen and oxygen atoms in total. The Morgan fingerprint density at radius 1 is 1.43 bits per heavy atom. The van der Waals surface area contributed by atoms with Crippen molar-refractivity contribution in [3.63, 3.8) is 0 Å². The number of anilines is 1. The zero-order valence-electron chi connectivity index (χ0n) is 12.0. The van der Waals surface area contributed by atoms with Crippen LogP contribution in [0.15, 0.2) is 28.9 Å². The Hall–Kier alpha value is -2.58. The molecule has 23 heavy (non-hydrogen) atoms. The van der Waals surface area contributed by atoms with Crippen molar-refractivity contribution in [3.8, 4) is 0 Å². The Bertz CT molecular complexity index is 815. The number of aromatic nitrogens is 3. The van der Waals surface area contributed by atoms with E-state index in [9.17, 15) is 4.79 Å². The number of aliphatic hydroxyl groups excluding tert-OH is 1. The first-order chi connectivity index (χ1) is 11.2. The molecule has 3 aromatic rings. The lowest BCUT2D eigenvalue weighted by atomic mass is 10.3. The molecular formula is C14H14ClN5O3. The first-order valence-corrected chi connectivity index (χ1v) is 7.26. The monoisotopic (exact) mass is 335 g/mol. The van der Waals surface area contributed by atoms with Gasteiger partial charge < -0.3 is 25.1 Å². The Kier molecular flexibility index (Phi) is 4.45. The SMILES string of the molecule is O=C(NCCO)c1cc2c(NCc3ccco3)nc(Cl)nc2[nH]1. The van der Waals surface area contributed by atoms with Crippen LogP contribution in [0.5, 0.6) is 0 Å². The molecule has 0 unspecified atom stereocenters. The molecule has 0 fully saturated rings. The summed E-state index contributed by atoms with van der Waals surface area (Å²) < 4.78 is 5.25. The van der Waals surface area contributed by atoms with E-state index in [0.717, 1.165) is 5.76 Å². The van der Waals surface area contributed by atoms with Gasteiger partial charge in [-0.1, -0.05) is 0 Å². The van der Waals surface area contributed by atoms with Gasteiger partial charge in [0.05, 0.1) is 24.8 Å². The first-order valence-electron chi connectivity index (χ1n) is 6.89. The molecule has 120 valence electrons. The molecule has 1 amide bonds. The number of hydrogen-bond acceptors (Lipinski definition) is 6. The molecule has 0 saturated carbocycles. The highest BCUT2D eigenvalue weighted by molar-refractivity contribution is 6.28. The van der Waals surface area contributed by atoms with Crippen molar-refractivity contribution in [2.45, 2.75) is 6.54 Å². The van der Waals surface area contributed by atoms with E-state index in [1.165, 1.54) is 0 Å². The zero-order chi connectivity index (χ0) is 16.2. The first kappa shape index (κ1) is 15.3. The molecule has 3 aromatic heterocycles. The average molecular weight is 336 g/mol. The molecule has 0 atom stereocenters. The molecule has 0 bridgehead atoms. The summed E-state index contributed by atoms with van der Waals surface area (Å²) in [6.45, 7) is 0.463. The molecule has 0 saturated heterocycles. The predicted octanol–water partition coefficient (Wildman–Crippen LogP) is 1.54. The van der Waals surface area contributed by atoms with E-state index in [0.29, 0.717) is 29.1 Å². The minimum atomic E-state index is -0.342. The van der Waals surface area contributed by atoms with Gasteiger partial charge >= 0.3 is 0 Å². The van der Waals surface area contributed by atoms with Crippen LogP contribution in [-0.4, -0.2) is 39.1 Å². The summed E-state index contributed by atoms with van der Waals surface area (Å²) in [6, 6.07) is 5.25. The van der Waals surface area contributed by atoms with Crippen molar-refractivity contribution in [1.82, 2.24) is 20.3 Å². The number of carbonyl (C=O) groups excluding carboxylic acids is 1. The highest BCUT2D eigenvalue weighted by atomic mass is 35.5. The van der Waals surface area contributed by atoms with Gasteiger partial charge in [0.25, 0.3) is 5.91 Å². The molecule has 3 rings (SSSR count). The number of hydrogen-bond donors (Lipinski definition) is 4. The van der Waals surface area contributed by atoms with E-state index in [2.05, 4.69) is 25.6 Å². The minimum absolute atomic E-state index is 0.0589. The summed E-state index contributed by atoms with van der Waals surface area (Å²) in [4.78, 5) is 23.0. The van der Waals surface area contributed by atoms with E-state index in [-0.39, 0.29) is 24.3 Å². The minimum Gasteiger partial charge on any atom is -0.467 e. The van der Waals surface area contributed by atoms with Crippen LogP contribution in [-0.2, 0) is 6.54 Å². The van der Waals surface area contributed by atoms with Crippen LogP contribution in [0, 0.1) is 0 Å². The normalized spacial score (nSPS) is 10.9. The second kappa shape index (κ2) is 6.67. The molecular weight excluding hydrogens is 322 g/mol. The Labute approximate surface area is 135 Å². The van der Waals surface area contributed by atoms with Gasteiger partial charge in [-0.05, 0) is 29.8 Å². The summed E-state index contributed by atoms with van der Waals surface area (Å²) in [5, 5.41) is 15.1.